The highest BCUT2D eigenvalue weighted by atomic mass is 32.2. The summed E-state index contributed by atoms with van der Waals surface area (Å²) in [5, 5.41) is 4.38. The fourth-order valence-corrected chi connectivity index (χ4v) is 5.04. The van der Waals surface area contributed by atoms with Crippen LogP contribution < -0.4 is 9.46 Å². The molecule has 2 aromatic carbocycles. The van der Waals surface area contributed by atoms with Crippen molar-refractivity contribution in [1.82, 2.24) is 14.5 Å². The Bertz CT molecular complexity index is 1140. The number of nitrogens with one attached hydrogen (secondary N) is 1. The molecule has 0 radical (unpaired) electrons. The van der Waals surface area contributed by atoms with Gasteiger partial charge >= 0.3 is 0 Å². The van der Waals surface area contributed by atoms with E-state index >= 15 is 0 Å². The van der Waals surface area contributed by atoms with E-state index in [0.29, 0.717) is 18.1 Å². The van der Waals surface area contributed by atoms with Gasteiger partial charge in [0.1, 0.15) is 5.75 Å². The van der Waals surface area contributed by atoms with E-state index in [2.05, 4.69) is 52.6 Å². The first-order valence-electron chi connectivity index (χ1n) is 11.4. The Kier molecular flexibility index (Phi) is 5.72. The predicted octanol–water partition coefficient (Wildman–Crippen LogP) is 5.29. The van der Waals surface area contributed by atoms with Crippen molar-refractivity contribution in [1.29, 1.82) is 0 Å². The van der Waals surface area contributed by atoms with Crippen LogP contribution in [0.4, 0.5) is 0 Å². The Labute approximate surface area is 193 Å². The average molecular weight is 448 g/mol. The van der Waals surface area contributed by atoms with Crippen LogP contribution in [0.2, 0.25) is 0 Å². The van der Waals surface area contributed by atoms with Crippen molar-refractivity contribution in [3.63, 3.8) is 0 Å². The van der Waals surface area contributed by atoms with Gasteiger partial charge in [0.05, 0.1) is 6.61 Å². The Morgan fingerprint density at radius 2 is 2.09 bits per heavy atom. The summed E-state index contributed by atoms with van der Waals surface area (Å²) in [5.41, 5.74) is 5.14. The van der Waals surface area contributed by atoms with Crippen LogP contribution in [0.1, 0.15) is 48.3 Å². The maximum Gasteiger partial charge on any atom is 0.261 e. The number of rotatable bonds is 7. The highest BCUT2D eigenvalue weighted by Crippen LogP contribution is 2.46. The monoisotopic (exact) mass is 447 g/mol. The van der Waals surface area contributed by atoms with Gasteiger partial charge in [-0.05, 0) is 86.4 Å². The second kappa shape index (κ2) is 8.66. The number of hydrogen-bond donors (Lipinski definition) is 1. The second-order valence-corrected chi connectivity index (χ2v) is 10.5. The molecule has 1 fully saturated rings. The van der Waals surface area contributed by atoms with E-state index in [-0.39, 0.29) is 10.7 Å². The summed E-state index contributed by atoms with van der Waals surface area (Å²) in [6.07, 6.45) is 6.14. The molecule has 1 amide bonds. The van der Waals surface area contributed by atoms with Gasteiger partial charge in [0.15, 0.2) is 0 Å². The maximum atomic E-state index is 12.9. The highest BCUT2D eigenvalue weighted by molar-refractivity contribution is 7.99. The summed E-state index contributed by atoms with van der Waals surface area (Å²) in [4.78, 5) is 12.9. The van der Waals surface area contributed by atoms with Crippen LogP contribution in [0.25, 0.3) is 11.1 Å². The molecule has 5 nitrogen and oxygen atoms in total. The quantitative estimate of drug-likeness (QED) is 0.500. The van der Waals surface area contributed by atoms with Gasteiger partial charge in [0.25, 0.3) is 5.91 Å². The molecule has 2 heterocycles. The normalized spacial score (nSPS) is 18.5. The Hall–Kier alpha value is -2.73. The lowest BCUT2D eigenvalue weighted by Gasteiger charge is -2.26. The van der Waals surface area contributed by atoms with Crippen LogP contribution in [0, 0.1) is 5.92 Å². The third-order valence-corrected chi connectivity index (χ3v) is 7.67. The lowest BCUT2D eigenvalue weighted by Crippen LogP contribution is -2.24. The van der Waals surface area contributed by atoms with E-state index in [1.807, 2.05) is 30.5 Å². The molecule has 0 bridgehead atoms. The number of aryl methyl sites for hydroxylation is 1. The Morgan fingerprint density at radius 3 is 2.91 bits per heavy atom. The third-order valence-electron chi connectivity index (χ3n) is 6.48. The summed E-state index contributed by atoms with van der Waals surface area (Å²) in [7, 11) is 0. The molecule has 2 aliphatic rings. The largest absolute Gasteiger partial charge is 0.493 e. The van der Waals surface area contributed by atoms with Gasteiger partial charge in [-0.15, -0.1) is 0 Å². The van der Waals surface area contributed by atoms with Crippen molar-refractivity contribution in [3.8, 4) is 16.9 Å². The van der Waals surface area contributed by atoms with E-state index in [9.17, 15) is 4.79 Å². The lowest BCUT2D eigenvalue weighted by atomic mass is 9.90. The van der Waals surface area contributed by atoms with Crippen molar-refractivity contribution in [2.24, 2.45) is 5.92 Å². The van der Waals surface area contributed by atoms with E-state index in [1.54, 1.807) is 11.9 Å². The molecule has 6 heteroatoms. The van der Waals surface area contributed by atoms with Crippen molar-refractivity contribution >= 4 is 17.9 Å². The van der Waals surface area contributed by atoms with Gasteiger partial charge in [-0.1, -0.05) is 30.3 Å². The number of aromatic nitrogens is 2. The molecule has 0 spiro atoms. The Balaban J connectivity index is 1.32. The van der Waals surface area contributed by atoms with E-state index in [4.69, 9.17) is 4.74 Å². The summed E-state index contributed by atoms with van der Waals surface area (Å²) >= 11 is 1.55. The highest BCUT2D eigenvalue weighted by Gasteiger charge is 2.39. The van der Waals surface area contributed by atoms with Gasteiger partial charge in [-0.2, -0.15) is 5.10 Å². The van der Waals surface area contributed by atoms with Crippen LogP contribution in [0.15, 0.2) is 54.7 Å². The fraction of sp³-hybridized carbons (Fsp3) is 0.385. The summed E-state index contributed by atoms with van der Waals surface area (Å²) < 4.78 is 11.5. The molecule has 1 aromatic heterocycles. The van der Waals surface area contributed by atoms with Gasteiger partial charge < -0.3 is 4.74 Å². The van der Waals surface area contributed by atoms with Crippen molar-refractivity contribution < 1.29 is 9.53 Å². The number of fused-ring (bicyclic) bond motifs is 1. The number of carbonyl (C=O) groups excluding carboxylic acids is 1. The molecule has 32 heavy (non-hydrogen) atoms. The number of ether oxygens (including phenoxy) is 1. The van der Waals surface area contributed by atoms with Crippen molar-refractivity contribution in [2.75, 3.05) is 6.61 Å². The molecular weight excluding hydrogens is 418 g/mol. The zero-order valence-corrected chi connectivity index (χ0v) is 19.5. The summed E-state index contributed by atoms with van der Waals surface area (Å²) in [5.74, 6) is 1.33. The van der Waals surface area contributed by atoms with Gasteiger partial charge in [-0.25, -0.2) is 0 Å². The van der Waals surface area contributed by atoms with Crippen LogP contribution >= 0.6 is 11.9 Å². The number of hydrogen-bond acceptors (Lipinski definition) is 4. The van der Waals surface area contributed by atoms with E-state index in [0.717, 1.165) is 49.1 Å². The zero-order chi connectivity index (χ0) is 22.1. The first kappa shape index (κ1) is 21.1. The smallest absolute Gasteiger partial charge is 0.261 e. The predicted molar refractivity (Wildman–Crippen MR) is 129 cm³/mol. The van der Waals surface area contributed by atoms with Gasteiger partial charge in [0, 0.05) is 34.7 Å². The first-order valence-corrected chi connectivity index (χ1v) is 12.2. The molecule has 0 saturated heterocycles. The fourth-order valence-electron chi connectivity index (χ4n) is 4.28. The first-order chi connectivity index (χ1) is 15.5. The standard InChI is InChI=1S/C26H29N3O2S/c1-3-29-21(10-13-27-29)15-18-14-20-9-8-19(16-24(20)31-17-18)22-6-4-5-7-23(22)25(30)28-32-26(2)11-12-26/h4-10,13,16,18H,3,11-12,14-15,17H2,1-2H3,(H,28,30)/t18-/m0/s1. The minimum atomic E-state index is -0.0371. The SMILES string of the molecule is CCn1nccc1C[C@H]1COc2cc(-c3ccccc3C(=O)NSC3(C)CC3)ccc2C1. The van der Waals surface area contributed by atoms with Crippen LogP contribution in [-0.4, -0.2) is 27.0 Å². The second-order valence-electron chi connectivity index (χ2n) is 9.07. The summed E-state index contributed by atoms with van der Waals surface area (Å²) in [6, 6.07) is 16.3. The molecule has 0 unspecified atom stereocenters. The Morgan fingerprint density at radius 1 is 1.25 bits per heavy atom. The minimum Gasteiger partial charge on any atom is -0.493 e. The molecular formula is C26H29N3O2S. The van der Waals surface area contributed by atoms with Crippen molar-refractivity contribution in [3.05, 3.63) is 71.5 Å². The summed E-state index contributed by atoms with van der Waals surface area (Å²) in [6.45, 7) is 5.89. The maximum absolute atomic E-state index is 12.9. The lowest BCUT2D eigenvalue weighted by molar-refractivity contribution is 0.0984. The molecule has 1 aliphatic heterocycles. The topological polar surface area (TPSA) is 56.2 Å². The molecule has 3 aromatic rings. The number of carbonyl (C=O) groups is 1. The molecule has 1 aliphatic carbocycles. The molecule has 166 valence electrons. The minimum absolute atomic E-state index is 0.0371. The molecule has 1 saturated carbocycles. The molecule has 1 atom stereocenters. The van der Waals surface area contributed by atoms with Crippen LogP contribution in [-0.2, 0) is 19.4 Å². The van der Waals surface area contributed by atoms with Gasteiger partial charge in [0.2, 0.25) is 0 Å². The number of benzene rings is 2. The van der Waals surface area contributed by atoms with Gasteiger partial charge in [-0.3, -0.25) is 14.2 Å². The number of amides is 1. The van der Waals surface area contributed by atoms with Crippen LogP contribution in [0.3, 0.4) is 0 Å². The van der Waals surface area contributed by atoms with Crippen LogP contribution in [0.5, 0.6) is 5.75 Å². The van der Waals surface area contributed by atoms with E-state index < -0.39 is 0 Å². The molecule has 5 rings (SSSR count). The molecule has 1 N–H and O–H groups in total. The zero-order valence-electron chi connectivity index (χ0n) is 18.6. The number of nitrogens with zero attached hydrogens (tertiary/aromatic N) is 2. The van der Waals surface area contributed by atoms with Crippen molar-refractivity contribution in [2.45, 2.75) is 50.8 Å². The van der Waals surface area contributed by atoms with E-state index in [1.165, 1.54) is 11.3 Å². The third kappa shape index (κ3) is 4.42. The average Bonchev–Trinajstić information content (AvgIpc) is 3.39.